The van der Waals surface area contributed by atoms with Crippen LogP contribution in [-0.2, 0) is 21.8 Å². The van der Waals surface area contributed by atoms with Crippen LogP contribution in [0.25, 0.3) is 5.76 Å². The molecule has 2 unspecified atom stereocenters. The highest BCUT2D eigenvalue weighted by Gasteiger charge is 2.48. The number of hydrogen-bond acceptors (Lipinski definition) is 10. The van der Waals surface area contributed by atoms with Crippen LogP contribution in [0.2, 0.25) is 5.02 Å². The third kappa shape index (κ3) is 7.04. The molecule has 0 saturated carbocycles. The van der Waals surface area contributed by atoms with Crippen molar-refractivity contribution in [2.24, 2.45) is 0 Å². The van der Waals surface area contributed by atoms with Gasteiger partial charge in [0.05, 0.1) is 24.8 Å². The molecule has 12 heteroatoms. The Morgan fingerprint density at radius 3 is 2.69 bits per heavy atom. The molecule has 4 aromatic rings. The summed E-state index contributed by atoms with van der Waals surface area (Å²) in [7, 11) is 0. The predicted octanol–water partition coefficient (Wildman–Crippen LogP) is 8.40. The second-order valence-corrected chi connectivity index (χ2v) is 14.1. The number of aromatic nitrogens is 2. The molecular weight excluding hydrogens is 670 g/mol. The second kappa shape index (κ2) is 15.0. The minimum Gasteiger partial charge on any atom is -0.507 e. The largest absolute Gasteiger partial charge is 0.507 e. The van der Waals surface area contributed by atoms with E-state index in [2.05, 4.69) is 17.1 Å². The van der Waals surface area contributed by atoms with Gasteiger partial charge in [0.15, 0.2) is 15.8 Å². The van der Waals surface area contributed by atoms with E-state index in [4.69, 9.17) is 25.8 Å². The van der Waals surface area contributed by atoms with E-state index in [-0.39, 0.29) is 22.6 Å². The average Bonchev–Trinajstić information content (AvgIpc) is 3.77. The van der Waals surface area contributed by atoms with Gasteiger partial charge in [0.1, 0.15) is 17.6 Å². The summed E-state index contributed by atoms with van der Waals surface area (Å²) in [6.07, 6.45) is 3.70. The van der Waals surface area contributed by atoms with Gasteiger partial charge in [-0.2, -0.15) is 0 Å². The molecular formula is C36H36ClN3O6S2. The number of amides is 1. The highest BCUT2D eigenvalue weighted by atomic mass is 35.5. The lowest BCUT2D eigenvalue weighted by Crippen LogP contribution is -2.29. The summed E-state index contributed by atoms with van der Waals surface area (Å²) in [6, 6.07) is 17.2. The first kappa shape index (κ1) is 33.8. The van der Waals surface area contributed by atoms with Gasteiger partial charge >= 0.3 is 5.91 Å². The van der Waals surface area contributed by atoms with E-state index in [0.29, 0.717) is 57.4 Å². The van der Waals surface area contributed by atoms with Crippen molar-refractivity contribution in [2.45, 2.75) is 68.7 Å². The number of fused-ring (bicyclic) bond motifs is 1. The molecule has 3 aromatic carbocycles. The first-order valence-electron chi connectivity index (χ1n) is 16.0. The highest BCUT2D eigenvalue weighted by molar-refractivity contribution is 8.00. The molecule has 0 radical (unpaired) electrons. The molecule has 0 bridgehead atoms. The molecule has 48 heavy (non-hydrogen) atoms. The van der Waals surface area contributed by atoms with Crippen molar-refractivity contribution >= 4 is 57.3 Å². The van der Waals surface area contributed by atoms with Crippen molar-refractivity contribution in [3.63, 3.8) is 0 Å². The standard InChI is InChI=1S/C36H36ClN3O6S2/c1-4-6-9-16-45-28-15-12-22(19-29(28)44-5-2)31-30(32(41)23-13-14-27-25(18-23)17-21(3)46-27)33(42)34(43)40(31)35-38-39-36(48-35)47-20-24-10-7-8-11-26(24)37/h7-8,10-15,18-19,21,31,41H,4-6,9,16-17,20H2,1-3H3/b32-30-. The molecule has 250 valence electrons. The molecule has 1 saturated heterocycles. The molecule has 2 aliphatic rings. The van der Waals surface area contributed by atoms with Crippen LogP contribution < -0.4 is 19.1 Å². The van der Waals surface area contributed by atoms with Crippen LogP contribution in [0.1, 0.15) is 68.3 Å². The molecule has 1 aromatic heterocycles. The Morgan fingerprint density at radius 1 is 1.06 bits per heavy atom. The fourth-order valence-electron chi connectivity index (χ4n) is 5.80. The number of carbonyl (C=O) groups is 2. The van der Waals surface area contributed by atoms with Crippen LogP contribution in [0.3, 0.4) is 0 Å². The molecule has 9 nitrogen and oxygen atoms in total. The SMILES string of the molecule is CCCCCOc1ccc(C2/C(=C(/O)c3ccc4c(c3)CC(C)O4)C(=O)C(=O)N2c2nnc(SCc3ccccc3Cl)s2)cc1OCC. The van der Waals surface area contributed by atoms with Crippen molar-refractivity contribution in [2.75, 3.05) is 18.1 Å². The molecule has 2 atom stereocenters. The molecule has 2 aliphatic heterocycles. The number of unbranched alkanes of at least 4 members (excludes halogenated alkanes) is 2. The van der Waals surface area contributed by atoms with Crippen LogP contribution >= 0.6 is 34.7 Å². The van der Waals surface area contributed by atoms with E-state index >= 15 is 0 Å². The van der Waals surface area contributed by atoms with Gasteiger partial charge in [-0.25, -0.2) is 0 Å². The number of ketones is 1. The van der Waals surface area contributed by atoms with Crippen molar-refractivity contribution in [1.29, 1.82) is 0 Å². The van der Waals surface area contributed by atoms with Crippen LogP contribution in [0, 0.1) is 0 Å². The fourth-order valence-corrected chi connectivity index (χ4v) is 7.95. The number of ether oxygens (including phenoxy) is 3. The number of anilines is 1. The minimum atomic E-state index is -1.00. The third-order valence-electron chi connectivity index (χ3n) is 8.11. The molecule has 0 spiro atoms. The van der Waals surface area contributed by atoms with Crippen molar-refractivity contribution in [3.05, 3.63) is 93.5 Å². The Morgan fingerprint density at radius 2 is 1.90 bits per heavy atom. The summed E-state index contributed by atoms with van der Waals surface area (Å²) in [6.45, 7) is 6.90. The minimum absolute atomic E-state index is 0.00468. The van der Waals surface area contributed by atoms with E-state index in [9.17, 15) is 14.7 Å². The summed E-state index contributed by atoms with van der Waals surface area (Å²) in [5, 5.41) is 21.3. The third-order valence-corrected chi connectivity index (χ3v) is 10.6. The number of thioether (sulfide) groups is 1. The van der Waals surface area contributed by atoms with Crippen LogP contribution in [0.15, 0.2) is 70.6 Å². The lowest BCUT2D eigenvalue weighted by atomic mass is 9.94. The zero-order valence-corrected chi connectivity index (χ0v) is 29.3. The number of aliphatic hydroxyl groups excluding tert-OH is 1. The number of Topliss-reactive ketones (excluding diaryl/α,β-unsaturated/α-hetero) is 1. The van der Waals surface area contributed by atoms with Gasteiger partial charge in [-0.15, -0.1) is 10.2 Å². The van der Waals surface area contributed by atoms with Gasteiger partial charge in [-0.05, 0) is 73.4 Å². The predicted molar refractivity (Wildman–Crippen MR) is 189 cm³/mol. The van der Waals surface area contributed by atoms with E-state index in [0.717, 1.165) is 36.1 Å². The van der Waals surface area contributed by atoms with E-state index < -0.39 is 17.7 Å². The normalized spacial score (nSPS) is 18.2. The molecule has 1 N–H and O–H groups in total. The Hall–Kier alpha value is -4.06. The topological polar surface area (TPSA) is 111 Å². The Labute approximate surface area is 292 Å². The van der Waals surface area contributed by atoms with Gasteiger partial charge in [-0.1, -0.05) is 78.7 Å². The van der Waals surface area contributed by atoms with Gasteiger partial charge in [0, 0.05) is 22.8 Å². The molecule has 6 rings (SSSR count). The quantitative estimate of drug-likeness (QED) is 0.0366. The zero-order valence-electron chi connectivity index (χ0n) is 26.9. The van der Waals surface area contributed by atoms with Gasteiger partial charge in [-0.3, -0.25) is 14.5 Å². The van der Waals surface area contributed by atoms with Crippen LogP contribution in [0.5, 0.6) is 17.2 Å². The van der Waals surface area contributed by atoms with Gasteiger partial charge < -0.3 is 19.3 Å². The maximum atomic E-state index is 13.9. The van der Waals surface area contributed by atoms with Crippen molar-refractivity contribution in [1.82, 2.24) is 10.2 Å². The molecule has 1 fully saturated rings. The Balaban J connectivity index is 1.40. The number of aliphatic hydroxyl groups is 1. The maximum absolute atomic E-state index is 13.9. The number of benzene rings is 3. The monoisotopic (exact) mass is 705 g/mol. The van der Waals surface area contributed by atoms with Crippen LogP contribution in [0.4, 0.5) is 5.13 Å². The summed E-state index contributed by atoms with van der Waals surface area (Å²) < 4.78 is 18.5. The van der Waals surface area contributed by atoms with Gasteiger partial charge in [0.2, 0.25) is 5.13 Å². The molecule has 0 aliphatic carbocycles. The highest BCUT2D eigenvalue weighted by Crippen LogP contribution is 2.46. The van der Waals surface area contributed by atoms with E-state index in [1.54, 1.807) is 30.3 Å². The second-order valence-electron chi connectivity index (χ2n) is 11.5. The van der Waals surface area contributed by atoms with Crippen molar-refractivity contribution < 1.29 is 28.9 Å². The summed E-state index contributed by atoms with van der Waals surface area (Å²) in [5.74, 6) is 0.428. The Kier molecular flexibility index (Phi) is 10.6. The van der Waals surface area contributed by atoms with E-state index in [1.807, 2.05) is 44.2 Å². The van der Waals surface area contributed by atoms with Gasteiger partial charge in [0.25, 0.3) is 5.78 Å². The lowest BCUT2D eigenvalue weighted by molar-refractivity contribution is -0.132. The first-order valence-corrected chi connectivity index (χ1v) is 18.2. The van der Waals surface area contributed by atoms with Crippen LogP contribution in [-0.4, -0.2) is 46.3 Å². The Bertz CT molecular complexity index is 1860. The first-order chi connectivity index (χ1) is 23.3. The number of nitrogens with zero attached hydrogens (tertiary/aromatic N) is 3. The number of hydrogen-bond donors (Lipinski definition) is 1. The summed E-state index contributed by atoms with van der Waals surface area (Å²) in [5.41, 5.74) is 2.79. The molecule has 1 amide bonds. The number of halogens is 1. The number of carbonyl (C=O) groups excluding carboxylic acids is 2. The van der Waals surface area contributed by atoms with Crippen molar-refractivity contribution in [3.8, 4) is 17.2 Å². The molecule has 3 heterocycles. The average molecular weight is 706 g/mol. The lowest BCUT2D eigenvalue weighted by Gasteiger charge is -2.23. The van der Waals surface area contributed by atoms with E-state index in [1.165, 1.54) is 28.0 Å². The fraction of sp³-hybridized carbons (Fsp3) is 0.333. The summed E-state index contributed by atoms with van der Waals surface area (Å²) in [4.78, 5) is 29.0. The zero-order chi connectivity index (χ0) is 33.8. The smallest absolute Gasteiger partial charge is 0.301 e. The maximum Gasteiger partial charge on any atom is 0.301 e. The number of rotatable bonds is 13. The summed E-state index contributed by atoms with van der Waals surface area (Å²) >= 11 is 8.98.